The highest BCUT2D eigenvalue weighted by atomic mass is 16.3. The molecule has 0 atom stereocenters. The molecule has 2 N–H and O–H groups in total. The molecule has 3 heteroatoms. The van der Waals surface area contributed by atoms with Crippen LogP contribution in [0.4, 0.5) is 0 Å². The maximum Gasteiger partial charge on any atom is 0.118 e. The molecule has 0 saturated carbocycles. The number of phenolic OH excluding ortho intramolecular Hbond substituents is 1. The van der Waals surface area contributed by atoms with Crippen LogP contribution in [0, 0.1) is 13.8 Å². The number of hydrogen-bond donors (Lipinski definition) is 2. The summed E-state index contributed by atoms with van der Waals surface area (Å²) < 4.78 is 0. The van der Waals surface area contributed by atoms with Gasteiger partial charge in [0.15, 0.2) is 0 Å². The maximum atomic E-state index is 9.10. The fourth-order valence-corrected chi connectivity index (χ4v) is 0.951. The Kier molecular flexibility index (Phi) is 3.73. The lowest BCUT2D eigenvalue weighted by Crippen LogP contribution is -1.78. The number of aromatic amines is 1. The van der Waals surface area contributed by atoms with Gasteiger partial charge in [-0.2, -0.15) is 0 Å². The third-order valence-electron chi connectivity index (χ3n) is 1.98. The van der Waals surface area contributed by atoms with Gasteiger partial charge in [-0.1, -0.05) is 12.1 Å². The number of H-pyrrole nitrogens is 1. The molecule has 2 aromatic rings. The van der Waals surface area contributed by atoms with Crippen molar-refractivity contribution < 1.29 is 5.11 Å². The topological polar surface area (TPSA) is 48.9 Å². The van der Waals surface area contributed by atoms with Crippen LogP contribution in [0.5, 0.6) is 5.75 Å². The lowest BCUT2D eigenvalue weighted by atomic mass is 10.1. The average molecular weight is 190 g/mol. The molecular weight excluding hydrogens is 176 g/mol. The number of aromatic nitrogens is 2. The standard InChI is InChI=1S/C8H10O.C3H4N2/c1-6-4-3-5-8(9)7(6)2;1-2-5-3-4-1/h3-5,9H,1-2H3;1-3H,(H,4,5). The van der Waals surface area contributed by atoms with Crippen LogP contribution < -0.4 is 0 Å². The molecule has 1 heterocycles. The van der Waals surface area contributed by atoms with Gasteiger partial charge in [0.25, 0.3) is 0 Å². The zero-order valence-corrected chi connectivity index (χ0v) is 8.36. The van der Waals surface area contributed by atoms with E-state index in [1.807, 2.05) is 26.0 Å². The summed E-state index contributed by atoms with van der Waals surface area (Å²) in [5, 5.41) is 9.10. The molecular formula is C11H14N2O. The van der Waals surface area contributed by atoms with Gasteiger partial charge in [-0.05, 0) is 31.0 Å². The number of benzene rings is 1. The Morgan fingerprint density at radius 2 is 2.07 bits per heavy atom. The van der Waals surface area contributed by atoms with E-state index < -0.39 is 0 Å². The van der Waals surface area contributed by atoms with Gasteiger partial charge in [0.1, 0.15) is 5.75 Å². The molecule has 1 aromatic heterocycles. The summed E-state index contributed by atoms with van der Waals surface area (Å²) in [6.45, 7) is 3.89. The van der Waals surface area contributed by atoms with Crippen LogP contribution in [0.15, 0.2) is 36.9 Å². The first-order chi connectivity index (χ1) is 6.72. The fourth-order valence-electron chi connectivity index (χ4n) is 0.951. The highest BCUT2D eigenvalue weighted by Gasteiger charge is 1.94. The maximum absolute atomic E-state index is 9.10. The third kappa shape index (κ3) is 2.94. The lowest BCUT2D eigenvalue weighted by molar-refractivity contribution is 0.470. The van der Waals surface area contributed by atoms with Gasteiger partial charge in [-0.15, -0.1) is 0 Å². The fraction of sp³-hybridized carbons (Fsp3) is 0.182. The number of nitrogens with one attached hydrogen (secondary N) is 1. The van der Waals surface area contributed by atoms with E-state index in [0.29, 0.717) is 5.75 Å². The van der Waals surface area contributed by atoms with Crippen molar-refractivity contribution in [2.45, 2.75) is 13.8 Å². The van der Waals surface area contributed by atoms with Crippen LogP contribution >= 0.6 is 0 Å². The number of imidazole rings is 1. The van der Waals surface area contributed by atoms with Crippen molar-refractivity contribution in [1.29, 1.82) is 0 Å². The second-order valence-electron chi connectivity index (χ2n) is 2.98. The first-order valence-corrected chi connectivity index (χ1v) is 4.39. The van der Waals surface area contributed by atoms with Crippen molar-refractivity contribution in [2.24, 2.45) is 0 Å². The average Bonchev–Trinajstić information content (AvgIpc) is 2.72. The van der Waals surface area contributed by atoms with Crippen molar-refractivity contribution >= 4 is 0 Å². The zero-order chi connectivity index (χ0) is 10.4. The van der Waals surface area contributed by atoms with E-state index in [2.05, 4.69) is 9.97 Å². The predicted molar refractivity (Wildman–Crippen MR) is 56.2 cm³/mol. The summed E-state index contributed by atoms with van der Waals surface area (Å²) >= 11 is 0. The number of rotatable bonds is 0. The van der Waals surface area contributed by atoms with Gasteiger partial charge < -0.3 is 10.1 Å². The Morgan fingerprint density at radius 1 is 1.29 bits per heavy atom. The minimum absolute atomic E-state index is 0.384. The van der Waals surface area contributed by atoms with Crippen LogP contribution in [0.1, 0.15) is 11.1 Å². The van der Waals surface area contributed by atoms with Crippen LogP contribution in [0.3, 0.4) is 0 Å². The Labute approximate surface area is 83.4 Å². The van der Waals surface area contributed by atoms with Crippen molar-refractivity contribution in [3.63, 3.8) is 0 Å². The van der Waals surface area contributed by atoms with Gasteiger partial charge in [0.2, 0.25) is 0 Å². The molecule has 0 amide bonds. The highest BCUT2D eigenvalue weighted by Crippen LogP contribution is 2.17. The molecule has 1 aromatic carbocycles. The molecule has 0 unspecified atom stereocenters. The molecule has 0 aliphatic heterocycles. The Hall–Kier alpha value is -1.77. The van der Waals surface area contributed by atoms with Crippen LogP contribution in [0.25, 0.3) is 0 Å². The molecule has 74 valence electrons. The number of phenols is 1. The van der Waals surface area contributed by atoms with Crippen molar-refractivity contribution in [3.8, 4) is 5.75 Å². The zero-order valence-electron chi connectivity index (χ0n) is 8.36. The van der Waals surface area contributed by atoms with Gasteiger partial charge in [0, 0.05) is 12.4 Å². The molecule has 0 spiro atoms. The molecule has 0 saturated heterocycles. The number of aromatic hydroxyl groups is 1. The van der Waals surface area contributed by atoms with Crippen LogP contribution in [-0.4, -0.2) is 15.1 Å². The molecule has 0 radical (unpaired) electrons. The highest BCUT2D eigenvalue weighted by molar-refractivity contribution is 5.36. The van der Waals surface area contributed by atoms with E-state index in [9.17, 15) is 0 Å². The summed E-state index contributed by atoms with van der Waals surface area (Å²) in [4.78, 5) is 6.42. The van der Waals surface area contributed by atoms with Crippen molar-refractivity contribution in [1.82, 2.24) is 9.97 Å². The second-order valence-corrected chi connectivity index (χ2v) is 2.98. The van der Waals surface area contributed by atoms with Gasteiger partial charge in [-0.25, -0.2) is 4.98 Å². The molecule has 14 heavy (non-hydrogen) atoms. The summed E-state index contributed by atoms with van der Waals surface area (Å²) in [5.74, 6) is 0.384. The van der Waals surface area contributed by atoms with E-state index in [1.165, 1.54) is 0 Å². The molecule has 3 nitrogen and oxygen atoms in total. The van der Waals surface area contributed by atoms with Gasteiger partial charge in [0.05, 0.1) is 6.33 Å². The quantitative estimate of drug-likeness (QED) is 0.670. The Balaban J connectivity index is 0.000000165. The van der Waals surface area contributed by atoms with Crippen LogP contribution in [0.2, 0.25) is 0 Å². The minimum atomic E-state index is 0.384. The van der Waals surface area contributed by atoms with E-state index in [4.69, 9.17) is 5.11 Å². The van der Waals surface area contributed by atoms with E-state index >= 15 is 0 Å². The number of nitrogens with zero attached hydrogens (tertiary/aromatic N) is 1. The summed E-state index contributed by atoms with van der Waals surface area (Å²) in [6.07, 6.45) is 5.08. The molecule has 0 fully saturated rings. The smallest absolute Gasteiger partial charge is 0.118 e. The first kappa shape index (κ1) is 10.3. The number of hydrogen-bond acceptors (Lipinski definition) is 2. The summed E-state index contributed by atoms with van der Waals surface area (Å²) in [7, 11) is 0. The molecule has 0 bridgehead atoms. The SMILES string of the molecule is Cc1cccc(O)c1C.c1c[nH]cn1. The Morgan fingerprint density at radius 3 is 2.43 bits per heavy atom. The van der Waals surface area contributed by atoms with Gasteiger partial charge in [-0.3, -0.25) is 0 Å². The number of aryl methyl sites for hydroxylation is 1. The third-order valence-corrected chi connectivity index (χ3v) is 1.98. The summed E-state index contributed by atoms with van der Waals surface area (Å²) in [6, 6.07) is 5.52. The molecule has 2 rings (SSSR count). The van der Waals surface area contributed by atoms with Crippen molar-refractivity contribution in [3.05, 3.63) is 48.0 Å². The monoisotopic (exact) mass is 190 g/mol. The summed E-state index contributed by atoms with van der Waals surface area (Å²) in [5.41, 5.74) is 2.10. The Bertz CT molecular complexity index is 331. The normalized spacial score (nSPS) is 9.00. The first-order valence-electron chi connectivity index (χ1n) is 4.39. The van der Waals surface area contributed by atoms with E-state index in [0.717, 1.165) is 11.1 Å². The van der Waals surface area contributed by atoms with E-state index in [-0.39, 0.29) is 0 Å². The lowest BCUT2D eigenvalue weighted by Gasteiger charge is -1.99. The van der Waals surface area contributed by atoms with Gasteiger partial charge >= 0.3 is 0 Å². The minimum Gasteiger partial charge on any atom is -0.508 e. The van der Waals surface area contributed by atoms with Crippen LogP contribution in [-0.2, 0) is 0 Å². The predicted octanol–water partition coefficient (Wildman–Crippen LogP) is 2.42. The second kappa shape index (κ2) is 5.07. The molecule has 0 aliphatic rings. The van der Waals surface area contributed by atoms with E-state index in [1.54, 1.807) is 24.8 Å². The van der Waals surface area contributed by atoms with Crippen molar-refractivity contribution in [2.75, 3.05) is 0 Å². The largest absolute Gasteiger partial charge is 0.508 e. The molecule has 0 aliphatic carbocycles.